The Hall–Kier alpha value is -1.53. The van der Waals surface area contributed by atoms with Gasteiger partial charge in [0.25, 0.3) is 0 Å². The number of hydrogen-bond donors (Lipinski definition) is 2. The van der Waals surface area contributed by atoms with Gasteiger partial charge in [0.05, 0.1) is 0 Å². The van der Waals surface area contributed by atoms with Crippen LogP contribution >= 0.6 is 0 Å². The van der Waals surface area contributed by atoms with Gasteiger partial charge >= 0.3 is 6.36 Å². The Kier molecular flexibility index (Phi) is 5.38. The fraction of sp³-hybridized carbons (Fsp3) is 0.385. The molecular weight excluding hydrogens is 257 g/mol. The van der Waals surface area contributed by atoms with Gasteiger partial charge in [-0.15, -0.1) is 13.2 Å². The maximum atomic E-state index is 12.0. The van der Waals surface area contributed by atoms with Crippen LogP contribution < -0.4 is 15.8 Å². The lowest BCUT2D eigenvalue weighted by molar-refractivity contribution is -0.274. The minimum absolute atomic E-state index is 0.128. The molecule has 0 aliphatic carbocycles. The molecule has 0 aliphatic rings. The van der Waals surface area contributed by atoms with Crippen LogP contribution in [0.1, 0.15) is 18.5 Å². The van der Waals surface area contributed by atoms with Crippen LogP contribution in [0.4, 0.5) is 13.2 Å². The van der Waals surface area contributed by atoms with Gasteiger partial charge in [0.1, 0.15) is 5.75 Å². The van der Waals surface area contributed by atoms with E-state index in [-0.39, 0.29) is 11.8 Å². The quantitative estimate of drug-likeness (QED) is 0.784. The van der Waals surface area contributed by atoms with Crippen molar-refractivity contribution in [3.63, 3.8) is 0 Å². The fourth-order valence-corrected chi connectivity index (χ4v) is 1.54. The number of nitrogens with one attached hydrogen (secondary N) is 1. The third-order valence-electron chi connectivity index (χ3n) is 2.40. The monoisotopic (exact) mass is 274 g/mol. The molecule has 1 aromatic carbocycles. The molecule has 1 rings (SSSR count). The molecule has 0 fully saturated rings. The minimum Gasteiger partial charge on any atom is -0.406 e. The molecule has 0 saturated heterocycles. The van der Waals surface area contributed by atoms with Gasteiger partial charge in [0, 0.05) is 19.1 Å². The van der Waals surface area contributed by atoms with Gasteiger partial charge in [-0.2, -0.15) is 0 Å². The molecule has 1 aromatic rings. The molecule has 3 nitrogen and oxygen atoms in total. The molecule has 0 saturated carbocycles. The van der Waals surface area contributed by atoms with Crippen LogP contribution in [0.25, 0.3) is 0 Å². The van der Waals surface area contributed by atoms with Crippen molar-refractivity contribution >= 4 is 0 Å². The Labute approximate surface area is 110 Å². The van der Waals surface area contributed by atoms with Crippen molar-refractivity contribution in [3.05, 3.63) is 42.0 Å². The molecule has 0 bridgehead atoms. The third-order valence-corrected chi connectivity index (χ3v) is 2.40. The van der Waals surface area contributed by atoms with Crippen molar-refractivity contribution in [1.29, 1.82) is 0 Å². The fourth-order valence-electron chi connectivity index (χ4n) is 1.54. The van der Waals surface area contributed by atoms with Gasteiger partial charge in [0.15, 0.2) is 0 Å². The molecule has 19 heavy (non-hydrogen) atoms. The predicted molar refractivity (Wildman–Crippen MR) is 67.7 cm³/mol. The van der Waals surface area contributed by atoms with Gasteiger partial charge in [-0.3, -0.25) is 0 Å². The SMILES string of the molecule is C=C(C)CNC(CN)c1ccc(OC(F)(F)F)cc1. The van der Waals surface area contributed by atoms with E-state index in [0.717, 1.165) is 11.1 Å². The van der Waals surface area contributed by atoms with E-state index in [9.17, 15) is 13.2 Å². The van der Waals surface area contributed by atoms with E-state index >= 15 is 0 Å². The second-order valence-corrected chi connectivity index (χ2v) is 4.24. The van der Waals surface area contributed by atoms with Crippen molar-refractivity contribution < 1.29 is 17.9 Å². The van der Waals surface area contributed by atoms with Crippen LogP contribution in [-0.2, 0) is 0 Å². The van der Waals surface area contributed by atoms with Crippen molar-refractivity contribution in [2.75, 3.05) is 13.1 Å². The van der Waals surface area contributed by atoms with Gasteiger partial charge in [-0.05, 0) is 24.6 Å². The summed E-state index contributed by atoms with van der Waals surface area (Å²) in [5.41, 5.74) is 7.39. The molecule has 1 unspecified atom stereocenters. The molecule has 3 N–H and O–H groups in total. The number of ether oxygens (including phenoxy) is 1. The number of benzene rings is 1. The van der Waals surface area contributed by atoms with Gasteiger partial charge in [0.2, 0.25) is 0 Å². The highest BCUT2D eigenvalue weighted by Crippen LogP contribution is 2.24. The zero-order valence-corrected chi connectivity index (χ0v) is 10.6. The lowest BCUT2D eigenvalue weighted by atomic mass is 10.1. The maximum absolute atomic E-state index is 12.0. The summed E-state index contributed by atoms with van der Waals surface area (Å²) in [4.78, 5) is 0. The Morgan fingerprint density at radius 1 is 1.37 bits per heavy atom. The van der Waals surface area contributed by atoms with Crippen molar-refractivity contribution in [2.45, 2.75) is 19.3 Å². The molecule has 0 heterocycles. The molecule has 0 radical (unpaired) electrons. The van der Waals surface area contributed by atoms with Crippen molar-refractivity contribution in [1.82, 2.24) is 5.32 Å². The van der Waals surface area contributed by atoms with E-state index in [1.807, 2.05) is 6.92 Å². The van der Waals surface area contributed by atoms with Crippen LogP contribution in [0.15, 0.2) is 36.4 Å². The highest BCUT2D eigenvalue weighted by atomic mass is 19.4. The summed E-state index contributed by atoms with van der Waals surface area (Å²) in [6.45, 7) is 6.58. The topological polar surface area (TPSA) is 47.3 Å². The van der Waals surface area contributed by atoms with E-state index in [1.54, 1.807) is 12.1 Å². The largest absolute Gasteiger partial charge is 0.573 e. The number of alkyl halides is 3. The summed E-state index contributed by atoms with van der Waals surface area (Å²) < 4.78 is 39.8. The van der Waals surface area contributed by atoms with Crippen LogP contribution in [-0.4, -0.2) is 19.5 Å². The molecule has 6 heteroatoms. The van der Waals surface area contributed by atoms with E-state index in [1.165, 1.54) is 12.1 Å². The molecule has 0 aromatic heterocycles. The normalized spacial score (nSPS) is 13.1. The minimum atomic E-state index is -4.67. The first kappa shape index (κ1) is 15.5. The van der Waals surface area contributed by atoms with Crippen LogP contribution in [0.5, 0.6) is 5.75 Å². The van der Waals surface area contributed by atoms with E-state index in [0.29, 0.717) is 13.1 Å². The second kappa shape index (κ2) is 6.58. The van der Waals surface area contributed by atoms with E-state index in [4.69, 9.17) is 5.73 Å². The van der Waals surface area contributed by atoms with Crippen LogP contribution in [0, 0.1) is 0 Å². The number of nitrogens with two attached hydrogens (primary N) is 1. The van der Waals surface area contributed by atoms with Gasteiger partial charge in [-0.1, -0.05) is 24.3 Å². The number of rotatable bonds is 6. The summed E-state index contributed by atoms with van der Waals surface area (Å²) in [6, 6.07) is 5.53. The Morgan fingerprint density at radius 2 is 1.95 bits per heavy atom. The summed E-state index contributed by atoms with van der Waals surface area (Å²) in [5.74, 6) is -0.244. The van der Waals surface area contributed by atoms with E-state index < -0.39 is 6.36 Å². The second-order valence-electron chi connectivity index (χ2n) is 4.24. The molecule has 0 spiro atoms. The van der Waals surface area contributed by atoms with Crippen molar-refractivity contribution in [2.24, 2.45) is 5.73 Å². The average molecular weight is 274 g/mol. The molecule has 106 valence electrons. The standard InChI is InChI=1S/C13H17F3N2O/c1-9(2)8-18-12(7-17)10-3-5-11(6-4-10)19-13(14,15)16/h3-6,12,18H,1,7-8,17H2,2H3. The van der Waals surface area contributed by atoms with Crippen LogP contribution in [0.2, 0.25) is 0 Å². The Balaban J connectivity index is 2.70. The lowest BCUT2D eigenvalue weighted by Crippen LogP contribution is -2.29. The highest BCUT2D eigenvalue weighted by molar-refractivity contribution is 5.29. The van der Waals surface area contributed by atoms with Crippen molar-refractivity contribution in [3.8, 4) is 5.75 Å². The molecule has 1 atom stereocenters. The maximum Gasteiger partial charge on any atom is 0.573 e. The Bertz CT molecular complexity index is 415. The molecule has 0 aliphatic heterocycles. The van der Waals surface area contributed by atoms with E-state index in [2.05, 4.69) is 16.6 Å². The first-order chi connectivity index (χ1) is 8.81. The first-order valence-corrected chi connectivity index (χ1v) is 5.75. The predicted octanol–water partition coefficient (Wildman–Crippen LogP) is 2.75. The summed E-state index contributed by atoms with van der Waals surface area (Å²) in [6.07, 6.45) is -4.67. The van der Waals surface area contributed by atoms with Gasteiger partial charge in [-0.25, -0.2) is 0 Å². The zero-order chi connectivity index (χ0) is 14.5. The summed E-state index contributed by atoms with van der Waals surface area (Å²) in [7, 11) is 0. The third kappa shape index (κ3) is 5.76. The lowest BCUT2D eigenvalue weighted by Gasteiger charge is -2.18. The smallest absolute Gasteiger partial charge is 0.406 e. The molecule has 0 amide bonds. The number of halogens is 3. The Morgan fingerprint density at radius 3 is 2.37 bits per heavy atom. The first-order valence-electron chi connectivity index (χ1n) is 5.75. The average Bonchev–Trinajstić information content (AvgIpc) is 2.29. The summed E-state index contributed by atoms with van der Waals surface area (Å²) in [5, 5.41) is 3.17. The highest BCUT2D eigenvalue weighted by Gasteiger charge is 2.31. The molecular formula is C13H17F3N2O. The summed E-state index contributed by atoms with van der Waals surface area (Å²) >= 11 is 0. The van der Waals surface area contributed by atoms with Crippen LogP contribution in [0.3, 0.4) is 0 Å². The van der Waals surface area contributed by atoms with Gasteiger partial charge < -0.3 is 15.8 Å². The number of hydrogen-bond acceptors (Lipinski definition) is 3. The zero-order valence-electron chi connectivity index (χ0n) is 10.6.